The average molecular weight is 382 g/mol. The first-order valence-electron chi connectivity index (χ1n) is 10.0. The van der Waals surface area contributed by atoms with Crippen LogP contribution < -0.4 is 10.1 Å². The molecule has 1 saturated heterocycles. The van der Waals surface area contributed by atoms with E-state index in [-0.39, 0.29) is 11.9 Å². The van der Waals surface area contributed by atoms with Gasteiger partial charge in [-0.25, -0.2) is 0 Å². The van der Waals surface area contributed by atoms with Crippen LogP contribution in [0.25, 0.3) is 0 Å². The molecule has 5 nitrogen and oxygen atoms in total. The molecule has 0 bridgehead atoms. The number of nitrogens with one attached hydrogen (secondary N) is 1. The highest BCUT2D eigenvalue weighted by atomic mass is 16.5. The van der Waals surface area contributed by atoms with Gasteiger partial charge in [-0.2, -0.15) is 0 Å². The highest BCUT2D eigenvalue weighted by Gasteiger charge is 2.24. The highest BCUT2D eigenvalue weighted by molar-refractivity contribution is 5.76. The van der Waals surface area contributed by atoms with Crippen LogP contribution in [0.3, 0.4) is 0 Å². The molecule has 0 aromatic heterocycles. The molecule has 1 N–H and O–H groups in total. The van der Waals surface area contributed by atoms with Crippen LogP contribution in [0.1, 0.15) is 23.6 Å². The van der Waals surface area contributed by atoms with Crippen molar-refractivity contribution in [2.24, 2.45) is 0 Å². The summed E-state index contributed by atoms with van der Waals surface area (Å²) in [6.07, 6.45) is 1.23. The molecule has 0 saturated carbocycles. The second kappa shape index (κ2) is 10.2. The lowest BCUT2D eigenvalue weighted by atomic mass is 10.0. The predicted octanol–water partition coefficient (Wildman–Crippen LogP) is 2.73. The molecule has 1 atom stereocenters. The van der Waals surface area contributed by atoms with Gasteiger partial charge in [0.2, 0.25) is 5.91 Å². The minimum atomic E-state index is 0.103. The van der Waals surface area contributed by atoms with E-state index in [1.165, 1.54) is 5.56 Å². The SMILES string of the molecule is COc1ccc(CCC(=O)NCC(c2ccccc2)N2CCN(C)CC2)cc1. The summed E-state index contributed by atoms with van der Waals surface area (Å²) in [6, 6.07) is 18.6. The van der Waals surface area contributed by atoms with Gasteiger partial charge in [0.15, 0.2) is 0 Å². The Bertz CT molecular complexity index is 725. The van der Waals surface area contributed by atoms with E-state index in [4.69, 9.17) is 4.74 Å². The van der Waals surface area contributed by atoms with Crippen molar-refractivity contribution in [3.63, 3.8) is 0 Å². The quantitative estimate of drug-likeness (QED) is 0.764. The Labute approximate surface area is 168 Å². The molecule has 1 heterocycles. The third-order valence-corrected chi connectivity index (χ3v) is 5.46. The minimum absolute atomic E-state index is 0.103. The maximum absolute atomic E-state index is 12.4. The van der Waals surface area contributed by atoms with Crippen molar-refractivity contribution in [3.05, 3.63) is 65.7 Å². The van der Waals surface area contributed by atoms with E-state index >= 15 is 0 Å². The van der Waals surface area contributed by atoms with Crippen molar-refractivity contribution in [2.75, 3.05) is 46.9 Å². The van der Waals surface area contributed by atoms with Crippen molar-refractivity contribution in [3.8, 4) is 5.75 Å². The molecular weight excluding hydrogens is 350 g/mol. The Balaban J connectivity index is 1.54. The Morgan fingerprint density at radius 1 is 1.04 bits per heavy atom. The maximum atomic E-state index is 12.4. The lowest BCUT2D eigenvalue weighted by Crippen LogP contribution is -2.48. The summed E-state index contributed by atoms with van der Waals surface area (Å²) < 4.78 is 5.18. The monoisotopic (exact) mass is 381 g/mol. The van der Waals surface area contributed by atoms with E-state index < -0.39 is 0 Å². The van der Waals surface area contributed by atoms with Gasteiger partial charge >= 0.3 is 0 Å². The maximum Gasteiger partial charge on any atom is 0.220 e. The zero-order chi connectivity index (χ0) is 19.8. The number of carbonyl (C=O) groups excluding carboxylic acids is 1. The van der Waals surface area contributed by atoms with Crippen molar-refractivity contribution in [2.45, 2.75) is 18.9 Å². The van der Waals surface area contributed by atoms with E-state index in [9.17, 15) is 4.79 Å². The van der Waals surface area contributed by atoms with Gasteiger partial charge in [-0.15, -0.1) is 0 Å². The lowest BCUT2D eigenvalue weighted by molar-refractivity contribution is -0.121. The molecule has 1 fully saturated rings. The Hall–Kier alpha value is -2.37. The first-order valence-corrected chi connectivity index (χ1v) is 10.0. The predicted molar refractivity (Wildman–Crippen MR) is 113 cm³/mol. The summed E-state index contributed by atoms with van der Waals surface area (Å²) in [5.41, 5.74) is 2.41. The molecule has 1 aliphatic rings. The zero-order valence-electron chi connectivity index (χ0n) is 16.9. The van der Waals surface area contributed by atoms with Crippen LogP contribution in [0.15, 0.2) is 54.6 Å². The minimum Gasteiger partial charge on any atom is -0.497 e. The normalized spacial score (nSPS) is 16.5. The lowest BCUT2D eigenvalue weighted by Gasteiger charge is -2.38. The largest absolute Gasteiger partial charge is 0.497 e. The molecule has 0 radical (unpaired) electrons. The standard InChI is InChI=1S/C23H31N3O2/c1-25-14-16-26(17-15-25)22(20-6-4-3-5-7-20)18-24-23(27)13-10-19-8-11-21(28-2)12-9-19/h3-9,11-12,22H,10,13-18H2,1-2H3,(H,24,27). The molecule has 2 aromatic carbocycles. The summed E-state index contributed by atoms with van der Waals surface area (Å²) in [5.74, 6) is 0.942. The molecule has 0 aliphatic carbocycles. The number of carbonyl (C=O) groups is 1. The van der Waals surface area contributed by atoms with Gasteiger partial charge in [0.1, 0.15) is 5.75 Å². The second-order valence-corrected chi connectivity index (χ2v) is 7.42. The van der Waals surface area contributed by atoms with Crippen LogP contribution in [0.2, 0.25) is 0 Å². The number of rotatable bonds is 8. The van der Waals surface area contributed by atoms with Gasteiger partial charge in [0, 0.05) is 39.1 Å². The molecule has 1 unspecified atom stereocenters. The smallest absolute Gasteiger partial charge is 0.220 e. The summed E-state index contributed by atoms with van der Waals surface area (Å²) in [4.78, 5) is 17.3. The van der Waals surface area contributed by atoms with Gasteiger partial charge in [0.05, 0.1) is 13.2 Å². The van der Waals surface area contributed by atoms with E-state index in [1.807, 2.05) is 30.3 Å². The fraction of sp³-hybridized carbons (Fsp3) is 0.435. The number of ether oxygens (including phenoxy) is 1. The van der Waals surface area contributed by atoms with E-state index in [0.717, 1.165) is 43.9 Å². The summed E-state index contributed by atoms with van der Waals surface area (Å²) in [5, 5.41) is 3.16. The number of hydrogen-bond donors (Lipinski definition) is 1. The van der Waals surface area contributed by atoms with E-state index in [0.29, 0.717) is 13.0 Å². The third kappa shape index (κ3) is 5.81. The van der Waals surface area contributed by atoms with Crippen molar-refractivity contribution in [1.82, 2.24) is 15.1 Å². The molecule has 2 aromatic rings. The Morgan fingerprint density at radius 2 is 1.71 bits per heavy atom. The summed E-state index contributed by atoms with van der Waals surface area (Å²) >= 11 is 0. The fourth-order valence-electron chi connectivity index (χ4n) is 3.62. The molecular formula is C23H31N3O2. The number of nitrogens with zero attached hydrogens (tertiary/aromatic N) is 2. The van der Waals surface area contributed by atoms with Crippen LogP contribution in [0.4, 0.5) is 0 Å². The summed E-state index contributed by atoms with van der Waals surface area (Å²) in [7, 11) is 3.82. The first-order chi connectivity index (χ1) is 13.7. The molecule has 150 valence electrons. The number of hydrogen-bond acceptors (Lipinski definition) is 4. The van der Waals surface area contributed by atoms with E-state index in [2.05, 4.69) is 46.4 Å². The molecule has 1 aliphatic heterocycles. The molecule has 5 heteroatoms. The third-order valence-electron chi connectivity index (χ3n) is 5.46. The van der Waals surface area contributed by atoms with Gasteiger partial charge in [0.25, 0.3) is 0 Å². The van der Waals surface area contributed by atoms with Crippen LogP contribution in [-0.4, -0.2) is 62.6 Å². The Morgan fingerprint density at radius 3 is 2.36 bits per heavy atom. The molecule has 28 heavy (non-hydrogen) atoms. The number of methoxy groups -OCH3 is 1. The van der Waals surface area contributed by atoms with Crippen molar-refractivity contribution in [1.29, 1.82) is 0 Å². The average Bonchev–Trinajstić information content (AvgIpc) is 2.75. The van der Waals surface area contributed by atoms with Crippen LogP contribution in [0, 0.1) is 0 Å². The number of piperazine rings is 1. The zero-order valence-corrected chi connectivity index (χ0v) is 16.9. The summed E-state index contributed by atoms with van der Waals surface area (Å²) in [6.45, 7) is 4.83. The van der Waals surface area contributed by atoms with Gasteiger partial charge in [-0.05, 0) is 36.7 Å². The Kier molecular flexibility index (Phi) is 7.46. The topological polar surface area (TPSA) is 44.8 Å². The van der Waals surface area contributed by atoms with Crippen LogP contribution in [0.5, 0.6) is 5.75 Å². The molecule has 0 spiro atoms. The van der Waals surface area contributed by atoms with Crippen LogP contribution >= 0.6 is 0 Å². The van der Waals surface area contributed by atoms with Crippen molar-refractivity contribution < 1.29 is 9.53 Å². The van der Waals surface area contributed by atoms with Gasteiger partial charge in [-0.1, -0.05) is 42.5 Å². The molecule has 1 amide bonds. The first kappa shape index (κ1) is 20.4. The number of amides is 1. The highest BCUT2D eigenvalue weighted by Crippen LogP contribution is 2.21. The second-order valence-electron chi connectivity index (χ2n) is 7.42. The van der Waals surface area contributed by atoms with Crippen molar-refractivity contribution >= 4 is 5.91 Å². The van der Waals surface area contributed by atoms with Gasteiger partial charge < -0.3 is 15.0 Å². The van der Waals surface area contributed by atoms with E-state index in [1.54, 1.807) is 7.11 Å². The number of benzene rings is 2. The number of likely N-dealkylation sites (N-methyl/N-ethyl adjacent to an activating group) is 1. The van der Waals surface area contributed by atoms with Gasteiger partial charge in [-0.3, -0.25) is 9.69 Å². The van der Waals surface area contributed by atoms with Crippen LogP contribution in [-0.2, 0) is 11.2 Å². The fourth-order valence-corrected chi connectivity index (χ4v) is 3.62. The molecule has 3 rings (SSSR count). The number of aryl methyl sites for hydroxylation is 1.